The van der Waals surface area contributed by atoms with E-state index in [1.807, 2.05) is 18.2 Å². The minimum Gasteiger partial charge on any atom is -0.307 e. The summed E-state index contributed by atoms with van der Waals surface area (Å²) in [6.07, 6.45) is 0. The molecule has 0 amide bonds. The fourth-order valence-corrected chi connectivity index (χ4v) is 4.78. The molecule has 3 nitrogen and oxygen atoms in total. The molecule has 0 fully saturated rings. The fourth-order valence-electron chi connectivity index (χ4n) is 2.86. The van der Waals surface area contributed by atoms with Gasteiger partial charge in [0.2, 0.25) is 0 Å². The standard InChI is InChI=1S/C20H12ClN3S2/c21-15-7-8-16-18(10-15)26-20(22-16)24-19-23-17(11-25-19)14-6-5-12-3-1-2-4-13(12)9-14/h1-11H,(H,22,23,24). The summed E-state index contributed by atoms with van der Waals surface area (Å²) in [6, 6.07) is 20.5. The molecule has 5 rings (SSSR count). The quantitative estimate of drug-likeness (QED) is 0.359. The van der Waals surface area contributed by atoms with Gasteiger partial charge < -0.3 is 5.32 Å². The van der Waals surface area contributed by atoms with E-state index in [-0.39, 0.29) is 0 Å². The summed E-state index contributed by atoms with van der Waals surface area (Å²) < 4.78 is 1.06. The van der Waals surface area contributed by atoms with E-state index in [1.54, 1.807) is 22.7 Å². The molecule has 5 aromatic rings. The number of aromatic nitrogens is 2. The number of rotatable bonds is 3. The van der Waals surface area contributed by atoms with E-state index in [0.717, 1.165) is 36.8 Å². The summed E-state index contributed by atoms with van der Waals surface area (Å²) in [4.78, 5) is 9.31. The maximum absolute atomic E-state index is 6.05. The van der Waals surface area contributed by atoms with E-state index in [2.05, 4.69) is 58.1 Å². The van der Waals surface area contributed by atoms with Crippen molar-refractivity contribution >= 4 is 65.5 Å². The van der Waals surface area contributed by atoms with Gasteiger partial charge in [-0.15, -0.1) is 11.3 Å². The van der Waals surface area contributed by atoms with Crippen LogP contribution in [0, 0.1) is 0 Å². The van der Waals surface area contributed by atoms with Crippen LogP contribution in [0.3, 0.4) is 0 Å². The second-order valence-electron chi connectivity index (χ2n) is 5.86. The van der Waals surface area contributed by atoms with Gasteiger partial charge in [-0.1, -0.05) is 59.3 Å². The molecule has 126 valence electrons. The van der Waals surface area contributed by atoms with Gasteiger partial charge in [0.05, 0.1) is 15.9 Å². The number of anilines is 2. The maximum atomic E-state index is 6.05. The van der Waals surface area contributed by atoms with Crippen molar-refractivity contribution in [3.05, 3.63) is 71.1 Å². The van der Waals surface area contributed by atoms with E-state index >= 15 is 0 Å². The zero-order valence-electron chi connectivity index (χ0n) is 13.4. The van der Waals surface area contributed by atoms with Crippen LogP contribution in [-0.4, -0.2) is 9.97 Å². The molecule has 0 unspecified atom stereocenters. The molecule has 0 saturated carbocycles. The number of benzene rings is 3. The Morgan fingerprint density at radius 2 is 1.73 bits per heavy atom. The van der Waals surface area contributed by atoms with Gasteiger partial charge >= 0.3 is 0 Å². The van der Waals surface area contributed by atoms with Crippen LogP contribution in [0.1, 0.15) is 0 Å². The van der Waals surface area contributed by atoms with Crippen molar-refractivity contribution in [3.63, 3.8) is 0 Å². The molecule has 2 aromatic heterocycles. The van der Waals surface area contributed by atoms with Crippen LogP contribution in [0.4, 0.5) is 10.3 Å². The van der Waals surface area contributed by atoms with Gasteiger partial charge in [-0.2, -0.15) is 0 Å². The second-order valence-corrected chi connectivity index (χ2v) is 8.18. The average molecular weight is 394 g/mol. The first-order valence-corrected chi connectivity index (χ1v) is 10.1. The van der Waals surface area contributed by atoms with Gasteiger partial charge in [0, 0.05) is 16.0 Å². The third-order valence-electron chi connectivity index (χ3n) is 4.11. The summed E-state index contributed by atoms with van der Waals surface area (Å²) in [5, 5.41) is 10.2. The lowest BCUT2D eigenvalue weighted by Gasteiger charge is -2.01. The van der Waals surface area contributed by atoms with Crippen molar-refractivity contribution in [1.82, 2.24) is 9.97 Å². The van der Waals surface area contributed by atoms with Crippen LogP contribution in [0.2, 0.25) is 5.02 Å². The van der Waals surface area contributed by atoms with Gasteiger partial charge in [0.15, 0.2) is 10.3 Å². The number of nitrogens with one attached hydrogen (secondary N) is 1. The van der Waals surface area contributed by atoms with Crippen molar-refractivity contribution in [2.75, 3.05) is 5.32 Å². The Balaban J connectivity index is 1.44. The topological polar surface area (TPSA) is 37.8 Å². The van der Waals surface area contributed by atoms with Crippen molar-refractivity contribution in [3.8, 4) is 11.3 Å². The molecule has 26 heavy (non-hydrogen) atoms. The number of hydrogen-bond acceptors (Lipinski definition) is 5. The summed E-state index contributed by atoms with van der Waals surface area (Å²) >= 11 is 9.20. The Morgan fingerprint density at radius 1 is 0.846 bits per heavy atom. The highest BCUT2D eigenvalue weighted by Gasteiger charge is 2.09. The van der Waals surface area contributed by atoms with Gasteiger partial charge in [-0.25, -0.2) is 9.97 Å². The number of thiazole rings is 2. The lowest BCUT2D eigenvalue weighted by atomic mass is 10.1. The molecule has 2 heterocycles. The van der Waals surface area contributed by atoms with Crippen molar-refractivity contribution in [1.29, 1.82) is 0 Å². The Kier molecular flexibility index (Phi) is 3.85. The summed E-state index contributed by atoms with van der Waals surface area (Å²) in [7, 11) is 0. The van der Waals surface area contributed by atoms with Gasteiger partial charge in [0.1, 0.15) is 0 Å². The van der Waals surface area contributed by atoms with Crippen LogP contribution in [0.15, 0.2) is 66.0 Å². The zero-order chi connectivity index (χ0) is 17.5. The lowest BCUT2D eigenvalue weighted by molar-refractivity contribution is 1.36. The van der Waals surface area contributed by atoms with Gasteiger partial charge in [-0.3, -0.25) is 0 Å². The highest BCUT2D eigenvalue weighted by molar-refractivity contribution is 7.22. The third-order valence-corrected chi connectivity index (χ3v) is 6.04. The predicted octanol–water partition coefficient (Wildman–Crippen LogP) is 6.97. The van der Waals surface area contributed by atoms with Crippen molar-refractivity contribution < 1.29 is 0 Å². The number of halogens is 1. The van der Waals surface area contributed by atoms with E-state index in [1.165, 1.54) is 10.8 Å². The van der Waals surface area contributed by atoms with Crippen LogP contribution < -0.4 is 5.32 Å². The molecule has 0 bridgehead atoms. The molecule has 0 aliphatic carbocycles. The largest absolute Gasteiger partial charge is 0.307 e. The van der Waals surface area contributed by atoms with Crippen LogP contribution in [-0.2, 0) is 0 Å². The van der Waals surface area contributed by atoms with E-state index in [0.29, 0.717) is 0 Å². The molecule has 0 aliphatic heterocycles. The number of fused-ring (bicyclic) bond motifs is 2. The molecule has 6 heteroatoms. The maximum Gasteiger partial charge on any atom is 0.190 e. The fraction of sp³-hybridized carbons (Fsp3) is 0. The van der Waals surface area contributed by atoms with Gasteiger partial charge in [-0.05, 0) is 35.0 Å². The van der Waals surface area contributed by atoms with Crippen molar-refractivity contribution in [2.45, 2.75) is 0 Å². The number of nitrogens with zero attached hydrogens (tertiary/aromatic N) is 2. The van der Waals surface area contributed by atoms with Crippen LogP contribution in [0.5, 0.6) is 0 Å². The van der Waals surface area contributed by atoms with Crippen LogP contribution >= 0.6 is 34.3 Å². The molecule has 3 aromatic carbocycles. The first-order valence-electron chi connectivity index (χ1n) is 8.02. The molecular weight excluding hydrogens is 382 g/mol. The highest BCUT2D eigenvalue weighted by atomic mass is 35.5. The van der Waals surface area contributed by atoms with E-state index < -0.39 is 0 Å². The van der Waals surface area contributed by atoms with E-state index in [4.69, 9.17) is 16.6 Å². The molecule has 0 spiro atoms. The molecule has 1 N–H and O–H groups in total. The van der Waals surface area contributed by atoms with Crippen molar-refractivity contribution in [2.24, 2.45) is 0 Å². The summed E-state index contributed by atoms with van der Waals surface area (Å²) in [6.45, 7) is 0. The minimum absolute atomic E-state index is 0.723. The summed E-state index contributed by atoms with van der Waals surface area (Å²) in [5.41, 5.74) is 3.02. The predicted molar refractivity (Wildman–Crippen MR) is 113 cm³/mol. The monoisotopic (exact) mass is 393 g/mol. The molecule has 0 aliphatic rings. The highest BCUT2D eigenvalue weighted by Crippen LogP contribution is 2.33. The van der Waals surface area contributed by atoms with E-state index in [9.17, 15) is 0 Å². The SMILES string of the molecule is Clc1ccc2nc(Nc3nc(-c4ccc5ccccc5c4)cs3)sc2c1. The first-order chi connectivity index (χ1) is 12.7. The Hall–Kier alpha value is -2.47. The average Bonchev–Trinajstić information content (AvgIpc) is 3.27. The van der Waals surface area contributed by atoms with Gasteiger partial charge in [0.25, 0.3) is 0 Å². The third kappa shape index (κ3) is 2.94. The molecule has 0 atom stereocenters. The summed E-state index contributed by atoms with van der Waals surface area (Å²) in [5.74, 6) is 0. The Bertz CT molecular complexity index is 1240. The smallest absolute Gasteiger partial charge is 0.190 e. The first kappa shape index (κ1) is 15.8. The second kappa shape index (κ2) is 6.36. The normalized spacial score (nSPS) is 11.3. The lowest BCUT2D eigenvalue weighted by Crippen LogP contribution is -1.88. The van der Waals surface area contributed by atoms with Crippen LogP contribution in [0.25, 0.3) is 32.2 Å². The number of hydrogen-bond donors (Lipinski definition) is 1. The zero-order valence-corrected chi connectivity index (χ0v) is 15.8. The Labute approximate surface area is 162 Å². The Morgan fingerprint density at radius 3 is 2.65 bits per heavy atom. The molecule has 0 saturated heterocycles. The minimum atomic E-state index is 0.723. The molecule has 0 radical (unpaired) electrons. The molecular formula is C20H12ClN3S2.